The summed E-state index contributed by atoms with van der Waals surface area (Å²) in [6.45, 7) is 7.42. The van der Waals surface area contributed by atoms with Gasteiger partial charge in [0.1, 0.15) is 17.1 Å². The molecule has 3 aromatic rings. The summed E-state index contributed by atoms with van der Waals surface area (Å²) in [7, 11) is 0. The van der Waals surface area contributed by atoms with E-state index in [0.717, 1.165) is 22.9 Å². The molecule has 0 aromatic carbocycles. The lowest BCUT2D eigenvalue weighted by Crippen LogP contribution is -2.36. The van der Waals surface area contributed by atoms with Crippen LogP contribution >= 0.6 is 0 Å². The van der Waals surface area contributed by atoms with Gasteiger partial charge in [-0.05, 0) is 24.3 Å². The molecule has 0 N–H and O–H groups in total. The Morgan fingerprint density at radius 3 is 2.83 bits per heavy atom. The fourth-order valence-corrected chi connectivity index (χ4v) is 3.09. The van der Waals surface area contributed by atoms with Crippen LogP contribution in [0.3, 0.4) is 0 Å². The quantitative estimate of drug-likeness (QED) is 0.689. The Kier molecular flexibility index (Phi) is 3.27. The van der Waals surface area contributed by atoms with Crippen molar-refractivity contribution in [2.45, 2.75) is 39.2 Å². The summed E-state index contributed by atoms with van der Waals surface area (Å²) in [6, 6.07) is 9.76. The Hall–Kier alpha value is -2.56. The third kappa shape index (κ3) is 2.40. The van der Waals surface area contributed by atoms with Gasteiger partial charge in [-0.3, -0.25) is 4.79 Å². The van der Waals surface area contributed by atoms with Gasteiger partial charge in [-0.2, -0.15) is 0 Å². The Bertz CT molecular complexity index is 914. The number of pyridine rings is 1. The van der Waals surface area contributed by atoms with E-state index in [2.05, 4.69) is 25.8 Å². The lowest BCUT2D eigenvalue weighted by atomic mass is 9.97. The number of hydrogen-bond donors (Lipinski definition) is 0. The van der Waals surface area contributed by atoms with Crippen LogP contribution in [0.15, 0.2) is 40.9 Å². The molecule has 0 radical (unpaired) electrons. The van der Waals surface area contributed by atoms with Gasteiger partial charge in [0, 0.05) is 30.1 Å². The van der Waals surface area contributed by atoms with Gasteiger partial charge in [0.25, 0.3) is 5.91 Å². The lowest BCUT2D eigenvalue weighted by Gasteiger charge is -2.25. The van der Waals surface area contributed by atoms with Crippen LogP contribution in [0.2, 0.25) is 0 Å². The van der Waals surface area contributed by atoms with Crippen LogP contribution in [-0.2, 0) is 18.4 Å². The summed E-state index contributed by atoms with van der Waals surface area (Å²) < 4.78 is 7.84. The minimum atomic E-state index is -0.121. The summed E-state index contributed by atoms with van der Waals surface area (Å²) in [5.41, 5.74) is 2.48. The summed E-state index contributed by atoms with van der Waals surface area (Å²) in [6.07, 6.45) is 2.64. The second-order valence-electron chi connectivity index (χ2n) is 7.33. The molecule has 4 heterocycles. The van der Waals surface area contributed by atoms with Crippen molar-refractivity contribution in [3.8, 4) is 0 Å². The molecule has 1 amide bonds. The minimum absolute atomic E-state index is 0.0344. The molecular formula is C19H21N3O2. The minimum Gasteiger partial charge on any atom is -0.445 e. The van der Waals surface area contributed by atoms with E-state index in [4.69, 9.17) is 4.42 Å². The first kappa shape index (κ1) is 15.0. The zero-order chi connectivity index (χ0) is 16.9. The zero-order valence-electron chi connectivity index (χ0n) is 14.2. The molecule has 0 fully saturated rings. The third-order valence-corrected chi connectivity index (χ3v) is 4.44. The fraction of sp³-hybridized carbons (Fsp3) is 0.368. The maximum absolute atomic E-state index is 12.9. The molecule has 24 heavy (non-hydrogen) atoms. The van der Waals surface area contributed by atoms with Crippen LogP contribution in [0.4, 0.5) is 0 Å². The Morgan fingerprint density at radius 1 is 1.21 bits per heavy atom. The highest BCUT2D eigenvalue weighted by atomic mass is 16.4. The van der Waals surface area contributed by atoms with E-state index in [9.17, 15) is 4.79 Å². The zero-order valence-corrected chi connectivity index (χ0v) is 14.2. The smallest absolute Gasteiger partial charge is 0.271 e. The van der Waals surface area contributed by atoms with E-state index in [0.29, 0.717) is 25.2 Å². The molecule has 0 unspecified atom stereocenters. The topological polar surface area (TPSA) is 50.8 Å². The number of amides is 1. The Balaban J connectivity index is 1.62. The second kappa shape index (κ2) is 5.23. The van der Waals surface area contributed by atoms with Crippen molar-refractivity contribution in [2.24, 2.45) is 0 Å². The van der Waals surface area contributed by atoms with Crippen LogP contribution in [0.25, 0.3) is 5.52 Å². The average molecular weight is 323 g/mol. The molecule has 1 aliphatic heterocycles. The summed E-state index contributed by atoms with van der Waals surface area (Å²) in [4.78, 5) is 19.4. The first-order chi connectivity index (χ1) is 11.4. The van der Waals surface area contributed by atoms with Gasteiger partial charge < -0.3 is 13.7 Å². The highest BCUT2D eigenvalue weighted by Gasteiger charge is 2.30. The van der Waals surface area contributed by atoms with E-state index >= 15 is 0 Å². The number of oxazole rings is 1. The van der Waals surface area contributed by atoms with Gasteiger partial charge in [0.2, 0.25) is 0 Å². The molecule has 1 aliphatic rings. The van der Waals surface area contributed by atoms with Crippen molar-refractivity contribution in [2.75, 3.05) is 6.54 Å². The molecule has 0 aliphatic carbocycles. The number of hydrogen-bond acceptors (Lipinski definition) is 3. The van der Waals surface area contributed by atoms with Gasteiger partial charge >= 0.3 is 0 Å². The number of nitrogens with zero attached hydrogens (tertiary/aromatic N) is 3. The van der Waals surface area contributed by atoms with Crippen LogP contribution in [-0.4, -0.2) is 26.7 Å². The van der Waals surface area contributed by atoms with Crippen molar-refractivity contribution < 1.29 is 9.21 Å². The maximum atomic E-state index is 12.9. The molecule has 5 nitrogen and oxygen atoms in total. The molecule has 5 heteroatoms. The SMILES string of the molecule is CC(C)(C)c1nc2c(o1)CCN(C(=O)c1ccc3ccccn13)C2. The van der Waals surface area contributed by atoms with Crippen molar-refractivity contribution in [3.63, 3.8) is 0 Å². The number of fused-ring (bicyclic) bond motifs is 2. The van der Waals surface area contributed by atoms with Crippen molar-refractivity contribution >= 4 is 11.4 Å². The fourth-order valence-electron chi connectivity index (χ4n) is 3.09. The monoisotopic (exact) mass is 323 g/mol. The van der Waals surface area contributed by atoms with Gasteiger partial charge in [-0.25, -0.2) is 4.98 Å². The van der Waals surface area contributed by atoms with Crippen LogP contribution < -0.4 is 0 Å². The van der Waals surface area contributed by atoms with Crippen molar-refractivity contribution in [3.05, 3.63) is 59.6 Å². The standard InChI is InChI=1S/C19H21N3O2/c1-19(2,3)18-20-14-12-21(11-9-16(14)24-18)17(23)15-8-7-13-6-4-5-10-22(13)15/h4-8,10H,9,11-12H2,1-3H3. The number of carbonyl (C=O) groups is 1. The first-order valence-electron chi connectivity index (χ1n) is 8.28. The van der Waals surface area contributed by atoms with Gasteiger partial charge in [-0.15, -0.1) is 0 Å². The van der Waals surface area contributed by atoms with E-state index in [-0.39, 0.29) is 11.3 Å². The summed E-state index contributed by atoms with van der Waals surface area (Å²) in [5.74, 6) is 1.70. The highest BCUT2D eigenvalue weighted by molar-refractivity contribution is 5.94. The molecular weight excluding hydrogens is 302 g/mol. The third-order valence-electron chi connectivity index (χ3n) is 4.44. The predicted molar refractivity (Wildman–Crippen MR) is 91.0 cm³/mol. The highest BCUT2D eigenvalue weighted by Crippen LogP contribution is 2.28. The Labute approximate surface area is 140 Å². The molecule has 3 aromatic heterocycles. The van der Waals surface area contributed by atoms with Crippen LogP contribution in [0, 0.1) is 0 Å². The normalized spacial score (nSPS) is 14.9. The van der Waals surface area contributed by atoms with Gasteiger partial charge in [0.15, 0.2) is 5.89 Å². The molecule has 0 atom stereocenters. The van der Waals surface area contributed by atoms with E-state index < -0.39 is 0 Å². The van der Waals surface area contributed by atoms with Gasteiger partial charge in [0.05, 0.1) is 6.54 Å². The Morgan fingerprint density at radius 2 is 2.04 bits per heavy atom. The van der Waals surface area contributed by atoms with Crippen LogP contribution in [0.1, 0.15) is 48.6 Å². The molecule has 0 bridgehead atoms. The summed E-state index contributed by atoms with van der Waals surface area (Å²) >= 11 is 0. The summed E-state index contributed by atoms with van der Waals surface area (Å²) in [5, 5.41) is 0. The van der Waals surface area contributed by atoms with Crippen molar-refractivity contribution in [1.29, 1.82) is 0 Å². The molecule has 0 saturated heterocycles. The van der Waals surface area contributed by atoms with Crippen LogP contribution in [0.5, 0.6) is 0 Å². The predicted octanol–water partition coefficient (Wildman–Crippen LogP) is 3.42. The largest absolute Gasteiger partial charge is 0.445 e. The van der Waals surface area contributed by atoms with E-state index in [1.54, 1.807) is 0 Å². The van der Waals surface area contributed by atoms with Gasteiger partial charge in [-0.1, -0.05) is 26.8 Å². The second-order valence-corrected chi connectivity index (χ2v) is 7.33. The number of aromatic nitrogens is 2. The first-order valence-corrected chi connectivity index (χ1v) is 8.28. The van der Waals surface area contributed by atoms with Crippen molar-refractivity contribution in [1.82, 2.24) is 14.3 Å². The number of carbonyl (C=O) groups excluding carboxylic acids is 1. The molecule has 4 rings (SSSR count). The number of rotatable bonds is 1. The average Bonchev–Trinajstić information content (AvgIpc) is 3.17. The molecule has 0 saturated carbocycles. The maximum Gasteiger partial charge on any atom is 0.271 e. The van der Waals surface area contributed by atoms with E-state index in [1.165, 1.54) is 0 Å². The van der Waals surface area contributed by atoms with E-state index in [1.807, 2.05) is 45.8 Å². The molecule has 124 valence electrons. The molecule has 0 spiro atoms. The lowest BCUT2D eigenvalue weighted by molar-refractivity contribution is 0.0721.